The molecule has 0 aliphatic rings. The first-order valence-electron chi connectivity index (χ1n) is 4.49. The highest BCUT2D eigenvalue weighted by molar-refractivity contribution is 5.62. The highest BCUT2D eigenvalue weighted by Gasteiger charge is 2.13. The average Bonchev–Trinajstić information content (AvgIpc) is 2.18. The molecule has 0 aromatic heterocycles. The minimum atomic E-state index is -0.654. The van der Waals surface area contributed by atoms with Gasteiger partial charge in [-0.25, -0.2) is 0 Å². The lowest BCUT2D eigenvalue weighted by Gasteiger charge is -2.02. The summed E-state index contributed by atoms with van der Waals surface area (Å²) in [5.41, 5.74) is 1.75. The van der Waals surface area contributed by atoms with Crippen LogP contribution in [0.5, 0.6) is 0 Å². The lowest BCUT2D eigenvalue weighted by Crippen LogP contribution is -1.95. The molecule has 6 nitrogen and oxygen atoms in total. The van der Waals surface area contributed by atoms with Gasteiger partial charge in [-0.3, -0.25) is 20.2 Å². The van der Waals surface area contributed by atoms with Crippen molar-refractivity contribution in [3.63, 3.8) is 0 Å². The van der Waals surface area contributed by atoms with E-state index in [2.05, 4.69) is 0 Å². The summed E-state index contributed by atoms with van der Waals surface area (Å²) in [6.07, 6.45) is 1.82. The zero-order valence-electron chi connectivity index (χ0n) is 8.84. The Hall–Kier alpha value is -2.24. The van der Waals surface area contributed by atoms with E-state index in [1.165, 1.54) is 6.07 Å². The smallest absolute Gasteiger partial charge is 0.259 e. The minimum Gasteiger partial charge on any atom is -0.259 e. The van der Waals surface area contributed by atoms with Crippen LogP contribution in [0, 0.1) is 34.1 Å². The molecule has 0 radical (unpaired) electrons. The maximum atomic E-state index is 10.7. The fourth-order valence-electron chi connectivity index (χ4n) is 1.26. The fraction of sp³-hybridized carbons (Fsp3) is 0.200. The van der Waals surface area contributed by atoms with Crippen LogP contribution in [-0.4, -0.2) is 9.85 Å². The van der Waals surface area contributed by atoms with Crippen LogP contribution >= 0.6 is 0 Å². The molecule has 0 aliphatic heterocycles. The average molecular weight is 222 g/mol. The molecule has 0 N–H and O–H groups in total. The van der Waals surface area contributed by atoms with E-state index in [9.17, 15) is 20.2 Å². The topological polar surface area (TPSA) is 86.3 Å². The van der Waals surface area contributed by atoms with E-state index in [1.807, 2.05) is 0 Å². The van der Waals surface area contributed by atoms with Crippen LogP contribution in [-0.2, 0) is 0 Å². The van der Waals surface area contributed by atoms with Crippen molar-refractivity contribution in [2.45, 2.75) is 13.8 Å². The Morgan fingerprint density at radius 1 is 1.12 bits per heavy atom. The Labute approximate surface area is 91.5 Å². The molecule has 0 saturated heterocycles. The summed E-state index contributed by atoms with van der Waals surface area (Å²) in [7, 11) is 0. The van der Waals surface area contributed by atoms with Gasteiger partial charge in [0, 0.05) is 12.1 Å². The van der Waals surface area contributed by atoms with Gasteiger partial charge in [0.05, 0.1) is 15.4 Å². The Morgan fingerprint density at radius 3 is 2.19 bits per heavy atom. The number of nitro benzene ring substituents is 1. The lowest BCUT2D eigenvalue weighted by atomic mass is 10.0. The summed E-state index contributed by atoms with van der Waals surface area (Å²) in [4.78, 5) is 19.7. The van der Waals surface area contributed by atoms with E-state index in [1.54, 1.807) is 19.9 Å². The van der Waals surface area contributed by atoms with E-state index in [-0.39, 0.29) is 11.3 Å². The van der Waals surface area contributed by atoms with Crippen LogP contribution in [0.4, 0.5) is 5.69 Å². The Bertz CT molecular complexity index is 480. The summed E-state index contributed by atoms with van der Waals surface area (Å²) >= 11 is 0. The second-order valence-corrected chi connectivity index (χ2v) is 3.35. The van der Waals surface area contributed by atoms with E-state index in [0.29, 0.717) is 6.20 Å². The van der Waals surface area contributed by atoms with Gasteiger partial charge in [0.15, 0.2) is 0 Å². The third-order valence-corrected chi connectivity index (χ3v) is 2.22. The van der Waals surface area contributed by atoms with Crippen molar-refractivity contribution in [2.24, 2.45) is 0 Å². The first kappa shape index (κ1) is 11.8. The number of nitrogens with zero attached hydrogens (tertiary/aromatic N) is 2. The van der Waals surface area contributed by atoms with Crippen molar-refractivity contribution in [3.8, 4) is 0 Å². The molecule has 84 valence electrons. The number of rotatable bonds is 3. The zero-order valence-corrected chi connectivity index (χ0v) is 8.84. The highest BCUT2D eigenvalue weighted by Crippen LogP contribution is 2.24. The van der Waals surface area contributed by atoms with Gasteiger partial charge in [-0.1, -0.05) is 0 Å². The van der Waals surface area contributed by atoms with Gasteiger partial charge < -0.3 is 0 Å². The molecule has 0 fully saturated rings. The molecule has 0 amide bonds. The molecule has 16 heavy (non-hydrogen) atoms. The quantitative estimate of drug-likeness (QED) is 0.580. The van der Waals surface area contributed by atoms with Crippen molar-refractivity contribution in [3.05, 3.63) is 55.3 Å². The third-order valence-electron chi connectivity index (χ3n) is 2.22. The second kappa shape index (κ2) is 4.52. The van der Waals surface area contributed by atoms with Crippen LogP contribution in [0.3, 0.4) is 0 Å². The molecule has 0 saturated carbocycles. The van der Waals surface area contributed by atoms with Crippen LogP contribution in [0.15, 0.2) is 18.3 Å². The zero-order chi connectivity index (χ0) is 12.3. The van der Waals surface area contributed by atoms with Gasteiger partial charge in [0.1, 0.15) is 0 Å². The van der Waals surface area contributed by atoms with Gasteiger partial charge in [0.25, 0.3) is 5.69 Å². The predicted molar refractivity (Wildman–Crippen MR) is 58.6 cm³/mol. The Morgan fingerprint density at radius 2 is 1.69 bits per heavy atom. The monoisotopic (exact) mass is 222 g/mol. The summed E-state index contributed by atoms with van der Waals surface area (Å²) in [5.74, 6) is 0. The number of hydrogen-bond acceptors (Lipinski definition) is 4. The van der Waals surface area contributed by atoms with Crippen molar-refractivity contribution >= 4 is 11.8 Å². The number of aryl methyl sites for hydroxylation is 2. The first-order chi connectivity index (χ1) is 7.41. The fourth-order valence-corrected chi connectivity index (χ4v) is 1.26. The molecule has 1 aromatic rings. The maximum Gasteiger partial charge on any atom is 0.277 e. The largest absolute Gasteiger partial charge is 0.277 e. The van der Waals surface area contributed by atoms with Crippen LogP contribution in [0.1, 0.15) is 16.7 Å². The Balaban J connectivity index is 3.30. The van der Waals surface area contributed by atoms with E-state index in [0.717, 1.165) is 17.2 Å². The van der Waals surface area contributed by atoms with Crippen molar-refractivity contribution in [1.29, 1.82) is 0 Å². The van der Waals surface area contributed by atoms with Crippen LogP contribution < -0.4 is 0 Å². The van der Waals surface area contributed by atoms with E-state index in [4.69, 9.17) is 0 Å². The number of hydrogen-bond donors (Lipinski definition) is 0. The van der Waals surface area contributed by atoms with Gasteiger partial charge in [-0.05, 0) is 31.0 Å². The standard InChI is InChI=1S/C10H10N2O4/c1-7-5-9(3-4-11(13)14)10(12(15)16)6-8(7)2/h3-6H,1-2H3/b4-3+. The van der Waals surface area contributed by atoms with Crippen LogP contribution in [0.25, 0.3) is 6.08 Å². The maximum absolute atomic E-state index is 10.7. The molecule has 0 bridgehead atoms. The SMILES string of the molecule is Cc1cc(/C=C/[N+](=O)[O-])c([N+](=O)[O-])cc1C. The molecule has 0 heterocycles. The molecule has 1 aromatic carbocycles. The number of benzene rings is 1. The van der Waals surface area contributed by atoms with Crippen molar-refractivity contribution < 1.29 is 9.85 Å². The summed E-state index contributed by atoms with van der Waals surface area (Å²) in [6.45, 7) is 3.55. The summed E-state index contributed by atoms with van der Waals surface area (Å²) < 4.78 is 0. The number of nitro groups is 2. The van der Waals surface area contributed by atoms with Gasteiger partial charge >= 0.3 is 0 Å². The second-order valence-electron chi connectivity index (χ2n) is 3.35. The molecule has 0 atom stereocenters. The molecule has 1 rings (SSSR count). The molecule has 0 unspecified atom stereocenters. The molecular weight excluding hydrogens is 212 g/mol. The third kappa shape index (κ3) is 2.63. The van der Waals surface area contributed by atoms with Crippen molar-refractivity contribution in [2.75, 3.05) is 0 Å². The normalized spacial score (nSPS) is 10.6. The molecular formula is C10H10N2O4. The molecule has 0 spiro atoms. The highest BCUT2D eigenvalue weighted by atomic mass is 16.6. The molecule has 0 aliphatic carbocycles. The lowest BCUT2D eigenvalue weighted by molar-refractivity contribution is -0.401. The summed E-state index contributed by atoms with van der Waals surface area (Å²) in [5, 5.41) is 20.9. The van der Waals surface area contributed by atoms with E-state index < -0.39 is 9.85 Å². The van der Waals surface area contributed by atoms with Gasteiger partial charge in [-0.15, -0.1) is 0 Å². The first-order valence-corrected chi connectivity index (χ1v) is 4.49. The predicted octanol–water partition coefficient (Wildman–Crippen LogP) is 2.46. The van der Waals surface area contributed by atoms with Gasteiger partial charge in [0.2, 0.25) is 6.20 Å². The molecule has 6 heteroatoms. The minimum absolute atomic E-state index is 0.124. The Kier molecular flexibility index (Phi) is 3.34. The van der Waals surface area contributed by atoms with E-state index >= 15 is 0 Å². The van der Waals surface area contributed by atoms with Crippen LogP contribution in [0.2, 0.25) is 0 Å². The van der Waals surface area contributed by atoms with Crippen molar-refractivity contribution in [1.82, 2.24) is 0 Å². The summed E-state index contributed by atoms with van der Waals surface area (Å²) in [6, 6.07) is 2.97. The van der Waals surface area contributed by atoms with Gasteiger partial charge in [-0.2, -0.15) is 0 Å².